The highest BCUT2D eigenvalue weighted by atomic mass is 31.2. The predicted molar refractivity (Wildman–Crippen MR) is 142 cm³/mol. The molecule has 0 aromatic rings. The van der Waals surface area contributed by atoms with E-state index in [4.69, 9.17) is 9.26 Å². The van der Waals surface area contributed by atoms with E-state index in [-0.39, 0.29) is 62.7 Å². The second-order valence-electron chi connectivity index (χ2n) is 10.8. The third kappa shape index (κ3) is 10.8. The minimum Gasteiger partial charge on any atom is -0.394 e. The molecule has 2 rings (SSSR count). The fraction of sp³-hybridized carbons (Fsp3) is 0.885. The van der Waals surface area contributed by atoms with Gasteiger partial charge in [-0.15, -0.1) is 0 Å². The molecule has 0 aromatic carbocycles. The van der Waals surface area contributed by atoms with Gasteiger partial charge in [-0.2, -0.15) is 0 Å². The van der Waals surface area contributed by atoms with Crippen molar-refractivity contribution in [2.45, 2.75) is 114 Å². The number of unbranched alkanes of at least 4 members (excludes halogenated alkanes) is 3. The average Bonchev–Trinajstić information content (AvgIpc) is 3.32. The van der Waals surface area contributed by atoms with E-state index in [9.17, 15) is 44.3 Å². The molecule has 40 heavy (non-hydrogen) atoms. The zero-order valence-corrected chi connectivity index (χ0v) is 24.3. The maximum Gasteiger partial charge on any atom is 0.472 e. The Labute approximate surface area is 235 Å². The summed E-state index contributed by atoms with van der Waals surface area (Å²) in [5.41, 5.74) is 0. The number of aliphatic hydroxyl groups is 4. The molecule has 8 atom stereocenters. The Hall–Kier alpha value is -1.28. The Bertz CT molecular complexity index is 871. The molecule has 6 unspecified atom stereocenters. The van der Waals surface area contributed by atoms with Crippen molar-refractivity contribution in [3.05, 3.63) is 0 Å². The Morgan fingerprint density at radius 3 is 2.15 bits per heavy atom. The van der Waals surface area contributed by atoms with Crippen LogP contribution in [0.1, 0.15) is 77.6 Å². The summed E-state index contributed by atoms with van der Waals surface area (Å²) in [5.74, 6) is -0.658. The number of Topliss-reactive ketones (excluding diaryl/α,β-unsaturated/α-hetero) is 2. The molecule has 2 saturated heterocycles. The Morgan fingerprint density at radius 1 is 0.900 bits per heavy atom. The molecule has 2 aliphatic heterocycles. The minimum atomic E-state index is -4.18. The first-order valence-electron chi connectivity index (χ1n) is 14.1. The minimum absolute atomic E-state index is 0.0495. The first kappa shape index (κ1) is 34.9. The molecule has 14 heteroatoms. The molecule has 1 amide bonds. The van der Waals surface area contributed by atoms with Gasteiger partial charge in [0.1, 0.15) is 23.8 Å². The number of rotatable bonds is 18. The molecule has 13 nitrogen and oxygen atoms in total. The SMILES string of the molecule is COP(=O)(O)O[C@@H]1C[C@@H](CO)N(C(=O)CCCCCCC(=O)CCCC(=O)CC2OC(CO)C(O)C(O)C2C)C1. The van der Waals surface area contributed by atoms with Gasteiger partial charge in [0.2, 0.25) is 5.91 Å². The van der Waals surface area contributed by atoms with E-state index in [0.717, 1.165) is 20.0 Å². The van der Waals surface area contributed by atoms with Gasteiger partial charge in [0.25, 0.3) is 0 Å². The average molecular weight is 596 g/mol. The molecule has 232 valence electrons. The van der Waals surface area contributed by atoms with Crippen LogP contribution in [0, 0.1) is 5.92 Å². The van der Waals surface area contributed by atoms with Crippen molar-refractivity contribution in [3.63, 3.8) is 0 Å². The van der Waals surface area contributed by atoms with Crippen LogP contribution in [0.15, 0.2) is 0 Å². The Morgan fingerprint density at radius 2 is 1.52 bits per heavy atom. The number of amides is 1. The third-order valence-electron chi connectivity index (χ3n) is 7.74. The number of carbonyl (C=O) groups is 3. The molecule has 0 aromatic heterocycles. The van der Waals surface area contributed by atoms with E-state index in [0.29, 0.717) is 25.7 Å². The number of phosphoric ester groups is 1. The number of carbonyl (C=O) groups excluding carboxylic acids is 3. The van der Waals surface area contributed by atoms with Gasteiger partial charge in [-0.05, 0) is 25.7 Å². The number of hydrogen-bond acceptors (Lipinski definition) is 11. The quantitative estimate of drug-likeness (QED) is 0.111. The highest BCUT2D eigenvalue weighted by Gasteiger charge is 2.42. The summed E-state index contributed by atoms with van der Waals surface area (Å²) in [4.78, 5) is 48.1. The Balaban J connectivity index is 1.56. The maximum atomic E-state index is 12.6. The van der Waals surface area contributed by atoms with Crippen molar-refractivity contribution in [2.24, 2.45) is 5.92 Å². The van der Waals surface area contributed by atoms with Gasteiger partial charge in [0.15, 0.2) is 0 Å². The summed E-state index contributed by atoms with van der Waals surface area (Å²) in [7, 11) is -3.12. The zero-order valence-electron chi connectivity index (χ0n) is 23.4. The third-order valence-corrected chi connectivity index (χ3v) is 8.77. The highest BCUT2D eigenvalue weighted by Crippen LogP contribution is 2.45. The molecular weight excluding hydrogens is 549 g/mol. The number of ketones is 2. The summed E-state index contributed by atoms with van der Waals surface area (Å²) in [5, 5.41) is 38.9. The molecule has 0 aliphatic carbocycles. The topological polar surface area (TPSA) is 200 Å². The van der Waals surface area contributed by atoms with E-state index < -0.39 is 56.9 Å². The van der Waals surface area contributed by atoms with Crippen molar-refractivity contribution < 1.29 is 58.1 Å². The van der Waals surface area contributed by atoms with E-state index in [2.05, 4.69) is 4.52 Å². The lowest BCUT2D eigenvalue weighted by Crippen LogP contribution is -2.55. The molecule has 2 heterocycles. The lowest BCUT2D eigenvalue weighted by Gasteiger charge is -2.41. The van der Waals surface area contributed by atoms with Gasteiger partial charge in [0.05, 0.1) is 37.6 Å². The molecule has 5 N–H and O–H groups in total. The second-order valence-corrected chi connectivity index (χ2v) is 12.3. The summed E-state index contributed by atoms with van der Waals surface area (Å²) in [6.07, 6.45) is 0.171. The lowest BCUT2D eigenvalue weighted by atomic mass is 9.85. The number of hydrogen-bond donors (Lipinski definition) is 5. The Kier molecular flexibility index (Phi) is 14.8. The largest absolute Gasteiger partial charge is 0.472 e. The number of phosphoric acid groups is 1. The normalized spacial score (nSPS) is 30.3. The number of aliphatic hydroxyl groups excluding tert-OH is 4. The highest BCUT2D eigenvalue weighted by molar-refractivity contribution is 7.47. The first-order chi connectivity index (χ1) is 18.9. The van der Waals surface area contributed by atoms with Gasteiger partial charge < -0.3 is 35.0 Å². The monoisotopic (exact) mass is 595 g/mol. The van der Waals surface area contributed by atoms with E-state index in [1.54, 1.807) is 6.92 Å². The molecule has 0 radical (unpaired) electrons. The van der Waals surface area contributed by atoms with E-state index >= 15 is 0 Å². The molecular formula is C26H46NO12P. The second kappa shape index (κ2) is 17.0. The molecule has 0 saturated carbocycles. The number of likely N-dealkylation sites (tertiary alicyclic amines) is 1. The van der Waals surface area contributed by atoms with Crippen LogP contribution in [0.25, 0.3) is 0 Å². The van der Waals surface area contributed by atoms with Crippen LogP contribution < -0.4 is 0 Å². The lowest BCUT2D eigenvalue weighted by molar-refractivity contribution is -0.206. The van der Waals surface area contributed by atoms with E-state index in [1.807, 2.05) is 0 Å². The van der Waals surface area contributed by atoms with Crippen LogP contribution in [-0.2, 0) is 32.7 Å². The van der Waals surface area contributed by atoms with Crippen molar-refractivity contribution in [2.75, 3.05) is 26.9 Å². The van der Waals surface area contributed by atoms with Crippen LogP contribution in [-0.4, -0.2) is 111 Å². The van der Waals surface area contributed by atoms with E-state index in [1.165, 1.54) is 4.90 Å². The smallest absolute Gasteiger partial charge is 0.394 e. The van der Waals surface area contributed by atoms with Gasteiger partial charge >= 0.3 is 7.82 Å². The maximum absolute atomic E-state index is 12.6. The summed E-state index contributed by atoms with van der Waals surface area (Å²) in [6.45, 7) is 1.07. The van der Waals surface area contributed by atoms with Gasteiger partial charge in [-0.25, -0.2) is 4.57 Å². The molecule has 0 bridgehead atoms. The van der Waals surface area contributed by atoms with Gasteiger partial charge in [-0.3, -0.25) is 23.4 Å². The summed E-state index contributed by atoms with van der Waals surface area (Å²) >= 11 is 0. The number of ether oxygens (including phenoxy) is 1. The first-order valence-corrected chi connectivity index (χ1v) is 15.5. The summed E-state index contributed by atoms with van der Waals surface area (Å²) < 4.78 is 26.7. The van der Waals surface area contributed by atoms with Crippen LogP contribution >= 0.6 is 7.82 Å². The van der Waals surface area contributed by atoms with Crippen LogP contribution in [0.5, 0.6) is 0 Å². The van der Waals surface area contributed by atoms with Crippen molar-refractivity contribution in [3.8, 4) is 0 Å². The van der Waals surface area contributed by atoms with Crippen molar-refractivity contribution >= 4 is 25.3 Å². The van der Waals surface area contributed by atoms with Gasteiger partial charge in [0, 0.05) is 51.7 Å². The fourth-order valence-corrected chi connectivity index (χ4v) is 5.87. The number of nitrogens with zero attached hydrogens (tertiary/aromatic N) is 1. The fourth-order valence-electron chi connectivity index (χ4n) is 5.25. The molecule has 0 spiro atoms. The van der Waals surface area contributed by atoms with Crippen LogP contribution in [0.4, 0.5) is 0 Å². The van der Waals surface area contributed by atoms with Crippen molar-refractivity contribution in [1.29, 1.82) is 0 Å². The summed E-state index contributed by atoms with van der Waals surface area (Å²) in [6, 6.07) is -0.477. The molecule has 2 aliphatic rings. The van der Waals surface area contributed by atoms with Crippen LogP contribution in [0.2, 0.25) is 0 Å². The zero-order chi connectivity index (χ0) is 29.9. The van der Waals surface area contributed by atoms with Gasteiger partial charge in [-0.1, -0.05) is 19.8 Å². The molecule has 2 fully saturated rings. The predicted octanol–water partition coefficient (Wildman–Crippen LogP) is 0.868. The van der Waals surface area contributed by atoms with Crippen molar-refractivity contribution in [1.82, 2.24) is 4.90 Å². The standard InChI is InChI=1S/C26H46NO12P/c1-17-22(38-23(16-29)26(34)25(17)33)13-20(31)10-7-9-19(30)8-5-3-4-6-11-24(32)27-14-21(12-18(27)15-28)39-40(35,36)37-2/h17-18,21-23,25-26,28-29,33-34H,3-16H2,1-2H3,(H,35,36)/t17?,18-,21+,22?,23?,25?,26?/m0/s1. The van der Waals surface area contributed by atoms with Crippen LogP contribution in [0.3, 0.4) is 0 Å².